The summed E-state index contributed by atoms with van der Waals surface area (Å²) in [4.78, 5) is 24.0. The first-order valence-corrected chi connectivity index (χ1v) is 9.92. The molecular weight excluding hydrogens is 499 g/mol. The number of amides is 1. The summed E-state index contributed by atoms with van der Waals surface area (Å²) in [6.45, 7) is -0.308. The van der Waals surface area contributed by atoms with E-state index in [4.69, 9.17) is 37.1 Å². The van der Waals surface area contributed by atoms with Crippen LogP contribution in [0, 0.1) is 0 Å². The summed E-state index contributed by atoms with van der Waals surface area (Å²) in [6.07, 6.45) is 2.71. The molecule has 1 aromatic heterocycles. The minimum atomic E-state index is -0.658. The van der Waals surface area contributed by atoms with Crippen molar-refractivity contribution in [2.24, 2.45) is 5.10 Å². The lowest BCUT2D eigenvalue weighted by atomic mass is 10.2. The van der Waals surface area contributed by atoms with Gasteiger partial charge in [-0.05, 0) is 48.5 Å². The Bertz CT molecular complexity index is 1090. The molecule has 1 N–H and O–H groups in total. The van der Waals surface area contributed by atoms with E-state index in [0.29, 0.717) is 16.3 Å². The predicted octanol–water partition coefficient (Wildman–Crippen LogP) is 5.10. The molecule has 10 heteroatoms. The molecule has 30 heavy (non-hydrogen) atoms. The molecule has 1 amide bonds. The fraction of sp³-hybridized carbons (Fsp3) is 0.0500. The molecule has 0 fully saturated rings. The molecule has 0 aliphatic heterocycles. The van der Waals surface area contributed by atoms with Gasteiger partial charge in [-0.15, -0.1) is 0 Å². The minimum absolute atomic E-state index is 0.0621. The fourth-order valence-corrected chi connectivity index (χ4v) is 3.04. The van der Waals surface area contributed by atoms with Crippen molar-refractivity contribution in [2.45, 2.75) is 0 Å². The van der Waals surface area contributed by atoms with Gasteiger partial charge in [0.2, 0.25) is 5.76 Å². The topological polar surface area (TPSA) is 90.1 Å². The van der Waals surface area contributed by atoms with Gasteiger partial charge in [0, 0.05) is 15.1 Å². The Hall–Kier alpha value is -2.81. The molecule has 3 aromatic rings. The molecule has 0 saturated heterocycles. The Morgan fingerprint density at radius 3 is 2.67 bits per heavy atom. The van der Waals surface area contributed by atoms with Crippen molar-refractivity contribution in [3.05, 3.63) is 80.6 Å². The van der Waals surface area contributed by atoms with Crippen LogP contribution in [0.25, 0.3) is 0 Å². The van der Waals surface area contributed by atoms with Gasteiger partial charge in [-0.1, -0.05) is 39.1 Å². The van der Waals surface area contributed by atoms with Crippen molar-refractivity contribution in [1.82, 2.24) is 5.43 Å². The van der Waals surface area contributed by atoms with Crippen LogP contribution in [0.3, 0.4) is 0 Å². The summed E-state index contributed by atoms with van der Waals surface area (Å²) in [5, 5.41) is 4.61. The van der Waals surface area contributed by atoms with Crippen LogP contribution in [-0.4, -0.2) is 24.7 Å². The van der Waals surface area contributed by atoms with E-state index >= 15 is 0 Å². The van der Waals surface area contributed by atoms with Gasteiger partial charge in [-0.25, -0.2) is 10.2 Å². The lowest BCUT2D eigenvalue weighted by molar-refractivity contribution is -0.123. The van der Waals surface area contributed by atoms with Gasteiger partial charge in [0.25, 0.3) is 5.91 Å². The number of esters is 1. The van der Waals surface area contributed by atoms with Crippen molar-refractivity contribution in [2.75, 3.05) is 6.61 Å². The van der Waals surface area contributed by atoms with Gasteiger partial charge in [0.05, 0.1) is 17.5 Å². The smallest absolute Gasteiger partial charge is 0.379 e. The van der Waals surface area contributed by atoms with Gasteiger partial charge < -0.3 is 13.9 Å². The average molecular weight is 512 g/mol. The van der Waals surface area contributed by atoms with Crippen molar-refractivity contribution in [1.29, 1.82) is 0 Å². The molecule has 154 valence electrons. The van der Waals surface area contributed by atoms with E-state index in [9.17, 15) is 9.59 Å². The van der Waals surface area contributed by atoms with E-state index < -0.39 is 11.9 Å². The third kappa shape index (κ3) is 6.09. The van der Waals surface area contributed by atoms with Crippen LogP contribution in [0.15, 0.2) is 68.8 Å². The largest absolute Gasteiger partial charge is 0.482 e. The third-order valence-corrected chi connectivity index (χ3v) is 4.57. The maximum atomic E-state index is 12.1. The van der Waals surface area contributed by atoms with Gasteiger partial charge in [-0.3, -0.25) is 4.79 Å². The molecular formula is C20H13BrCl2N2O5. The molecule has 3 rings (SSSR count). The van der Waals surface area contributed by atoms with E-state index in [1.165, 1.54) is 24.6 Å². The van der Waals surface area contributed by atoms with Crippen LogP contribution in [0.5, 0.6) is 11.5 Å². The Morgan fingerprint density at radius 1 is 1.13 bits per heavy atom. The number of ether oxygens (including phenoxy) is 2. The zero-order chi connectivity index (χ0) is 21.5. The highest BCUT2D eigenvalue weighted by atomic mass is 79.9. The third-order valence-electron chi connectivity index (χ3n) is 3.54. The molecule has 0 saturated carbocycles. The molecule has 0 unspecified atom stereocenters. The summed E-state index contributed by atoms with van der Waals surface area (Å²) < 4.78 is 16.4. The van der Waals surface area contributed by atoms with Crippen molar-refractivity contribution in [3.63, 3.8) is 0 Å². The number of hydrazone groups is 1. The van der Waals surface area contributed by atoms with Crippen LogP contribution < -0.4 is 14.9 Å². The monoisotopic (exact) mass is 510 g/mol. The molecule has 0 radical (unpaired) electrons. The van der Waals surface area contributed by atoms with Crippen molar-refractivity contribution < 1.29 is 23.5 Å². The fourth-order valence-electron chi connectivity index (χ4n) is 2.20. The molecule has 7 nitrogen and oxygen atoms in total. The SMILES string of the molecule is O=C(COc1ccc(Cl)cc1Cl)NN=Cc1cc(Br)ccc1OC(=O)c1ccco1. The zero-order valence-electron chi connectivity index (χ0n) is 15.1. The van der Waals surface area contributed by atoms with Crippen LogP contribution in [0.1, 0.15) is 16.1 Å². The molecule has 0 atom stereocenters. The van der Waals surface area contributed by atoms with E-state index in [-0.39, 0.29) is 23.1 Å². The molecule has 0 spiro atoms. The zero-order valence-corrected chi connectivity index (χ0v) is 18.2. The molecule has 2 aromatic carbocycles. The van der Waals surface area contributed by atoms with Crippen LogP contribution >= 0.6 is 39.1 Å². The number of furan rings is 1. The summed E-state index contributed by atoms with van der Waals surface area (Å²) in [6, 6.07) is 12.7. The molecule has 0 aliphatic rings. The van der Waals surface area contributed by atoms with Crippen molar-refractivity contribution in [3.8, 4) is 11.5 Å². The number of nitrogens with one attached hydrogen (secondary N) is 1. The maximum absolute atomic E-state index is 12.1. The Balaban J connectivity index is 1.60. The van der Waals surface area contributed by atoms with Crippen molar-refractivity contribution >= 4 is 57.2 Å². The van der Waals surface area contributed by atoms with Gasteiger partial charge >= 0.3 is 5.97 Å². The van der Waals surface area contributed by atoms with E-state index in [2.05, 4.69) is 26.5 Å². The van der Waals surface area contributed by atoms with Gasteiger partial charge in [0.15, 0.2) is 6.61 Å². The highest BCUT2D eigenvalue weighted by Gasteiger charge is 2.14. The minimum Gasteiger partial charge on any atom is -0.482 e. The molecule has 1 heterocycles. The normalized spacial score (nSPS) is 10.8. The van der Waals surface area contributed by atoms with Gasteiger partial charge in [-0.2, -0.15) is 5.10 Å². The second-order valence-corrected chi connectivity index (χ2v) is 7.46. The number of halogens is 3. The summed E-state index contributed by atoms with van der Waals surface area (Å²) in [7, 11) is 0. The lowest BCUT2D eigenvalue weighted by Crippen LogP contribution is -2.24. The number of rotatable bonds is 7. The Labute approximate surface area is 189 Å². The van der Waals surface area contributed by atoms with Gasteiger partial charge in [0.1, 0.15) is 11.5 Å². The predicted molar refractivity (Wildman–Crippen MR) is 116 cm³/mol. The first-order valence-electron chi connectivity index (χ1n) is 8.37. The number of nitrogens with zero attached hydrogens (tertiary/aromatic N) is 1. The summed E-state index contributed by atoms with van der Waals surface area (Å²) >= 11 is 15.1. The Morgan fingerprint density at radius 2 is 1.93 bits per heavy atom. The number of benzene rings is 2. The Kier molecular flexibility index (Phi) is 7.51. The standard InChI is InChI=1S/C20H13BrCl2N2O5/c21-13-3-5-16(30-20(27)18-2-1-7-28-18)12(8-13)10-24-25-19(26)11-29-17-6-4-14(22)9-15(17)23/h1-10H,11H2,(H,25,26). The molecule has 0 bridgehead atoms. The number of carbonyl (C=O) groups is 2. The quantitative estimate of drug-likeness (QED) is 0.206. The highest BCUT2D eigenvalue weighted by Crippen LogP contribution is 2.27. The number of carbonyl (C=O) groups excluding carboxylic acids is 2. The first-order chi connectivity index (χ1) is 14.4. The van der Waals surface area contributed by atoms with Crippen LogP contribution in [0.2, 0.25) is 10.0 Å². The van der Waals surface area contributed by atoms with E-state index in [1.54, 1.807) is 36.4 Å². The van der Waals surface area contributed by atoms with Crippen LogP contribution in [0.4, 0.5) is 0 Å². The number of hydrogen-bond acceptors (Lipinski definition) is 6. The summed E-state index contributed by atoms with van der Waals surface area (Å²) in [5.74, 6) is -0.552. The summed E-state index contributed by atoms with van der Waals surface area (Å²) in [5.41, 5.74) is 2.77. The first kappa shape index (κ1) is 21.9. The van der Waals surface area contributed by atoms with E-state index in [1.807, 2.05) is 0 Å². The van der Waals surface area contributed by atoms with Crippen LogP contribution in [-0.2, 0) is 4.79 Å². The maximum Gasteiger partial charge on any atom is 0.379 e. The second-order valence-electron chi connectivity index (χ2n) is 5.71. The highest BCUT2D eigenvalue weighted by molar-refractivity contribution is 9.10. The lowest BCUT2D eigenvalue weighted by Gasteiger charge is -2.08. The number of hydrogen-bond donors (Lipinski definition) is 1. The average Bonchev–Trinajstić information content (AvgIpc) is 3.24. The van der Waals surface area contributed by atoms with E-state index in [0.717, 1.165) is 4.47 Å². The molecule has 0 aliphatic carbocycles. The second kappa shape index (κ2) is 10.3.